The molecule has 2 N–H and O–H groups in total. The quantitative estimate of drug-likeness (QED) is 0.825. The molecule has 2 aliphatic heterocycles. The van der Waals surface area contributed by atoms with Crippen LogP contribution < -0.4 is 10.6 Å². The molecule has 3 rings (SSSR count). The van der Waals surface area contributed by atoms with Gasteiger partial charge in [-0.3, -0.25) is 4.79 Å². The summed E-state index contributed by atoms with van der Waals surface area (Å²) < 4.78 is 1.20. The molecule has 1 aromatic heterocycles. The Morgan fingerprint density at radius 1 is 1.53 bits per heavy atom. The average Bonchev–Trinajstić information content (AvgIpc) is 3.04. The van der Waals surface area contributed by atoms with E-state index in [9.17, 15) is 4.79 Å². The van der Waals surface area contributed by atoms with Crippen molar-refractivity contribution in [1.29, 1.82) is 0 Å². The molecule has 1 amide bonds. The number of nitrogens with one attached hydrogen (secondary N) is 2. The van der Waals surface area contributed by atoms with Crippen LogP contribution in [0.25, 0.3) is 0 Å². The molecule has 2 saturated heterocycles. The van der Waals surface area contributed by atoms with E-state index in [1.54, 1.807) is 23.1 Å². The second-order valence-corrected chi connectivity index (χ2v) is 6.88. The van der Waals surface area contributed by atoms with Gasteiger partial charge in [0.2, 0.25) is 0 Å². The molecule has 17 heavy (non-hydrogen) atoms. The van der Waals surface area contributed by atoms with Crippen LogP contribution in [0.1, 0.15) is 28.9 Å². The minimum atomic E-state index is 0.0923. The predicted molar refractivity (Wildman–Crippen MR) is 71.9 cm³/mol. The number of carbonyl (C=O) groups excluding carboxylic acids is 1. The summed E-state index contributed by atoms with van der Waals surface area (Å²) in [5.74, 6) is 0.0923. The molecule has 2 bridgehead atoms. The lowest BCUT2D eigenvalue weighted by Crippen LogP contribution is -2.42. The molecule has 0 aromatic carbocycles. The lowest BCUT2D eigenvalue weighted by molar-refractivity contribution is 0.0935. The minimum absolute atomic E-state index is 0.0923. The van der Waals surface area contributed by atoms with Gasteiger partial charge in [-0.05, 0) is 37.7 Å². The van der Waals surface area contributed by atoms with Gasteiger partial charge in [-0.2, -0.15) is 0 Å². The van der Waals surface area contributed by atoms with E-state index >= 15 is 0 Å². The molecular formula is C12H16N2OS2. The highest BCUT2D eigenvalue weighted by Crippen LogP contribution is 2.29. The first-order chi connectivity index (χ1) is 8.26. The number of rotatable bonds is 3. The molecule has 2 fully saturated rings. The predicted octanol–water partition coefficient (Wildman–Crippen LogP) is 2.09. The molecule has 0 aliphatic carbocycles. The topological polar surface area (TPSA) is 41.1 Å². The van der Waals surface area contributed by atoms with Crippen molar-refractivity contribution in [3.05, 3.63) is 17.0 Å². The van der Waals surface area contributed by atoms with Gasteiger partial charge in [0.15, 0.2) is 0 Å². The first-order valence-electron chi connectivity index (χ1n) is 5.97. The van der Waals surface area contributed by atoms with Crippen molar-refractivity contribution >= 4 is 29.0 Å². The Bertz CT molecular complexity index is 432. The van der Waals surface area contributed by atoms with E-state index in [0.717, 1.165) is 11.3 Å². The largest absolute Gasteiger partial charge is 0.347 e. The van der Waals surface area contributed by atoms with Gasteiger partial charge in [0.1, 0.15) is 0 Å². The summed E-state index contributed by atoms with van der Waals surface area (Å²) >= 11 is 3.26. The fourth-order valence-corrected chi connectivity index (χ4v) is 4.22. The third-order valence-corrected chi connectivity index (χ3v) is 5.79. The van der Waals surface area contributed by atoms with Gasteiger partial charge >= 0.3 is 0 Å². The zero-order valence-electron chi connectivity index (χ0n) is 9.73. The Morgan fingerprint density at radius 3 is 3.00 bits per heavy atom. The van der Waals surface area contributed by atoms with Crippen molar-refractivity contribution in [2.45, 2.75) is 41.6 Å². The van der Waals surface area contributed by atoms with Crippen molar-refractivity contribution in [1.82, 2.24) is 10.6 Å². The Morgan fingerprint density at radius 2 is 2.41 bits per heavy atom. The summed E-state index contributed by atoms with van der Waals surface area (Å²) in [4.78, 5) is 12.9. The van der Waals surface area contributed by atoms with Crippen LogP contribution in [-0.2, 0) is 0 Å². The Kier molecular flexibility index (Phi) is 3.15. The van der Waals surface area contributed by atoms with Crippen LogP contribution >= 0.6 is 23.1 Å². The number of fused-ring (bicyclic) bond motifs is 2. The number of carbonyl (C=O) groups is 1. The maximum absolute atomic E-state index is 12.1. The number of hydrogen-bond acceptors (Lipinski definition) is 4. The molecule has 0 saturated carbocycles. The Hall–Kier alpha value is -0.520. The van der Waals surface area contributed by atoms with E-state index in [1.807, 2.05) is 18.4 Å². The third-order valence-electron chi connectivity index (χ3n) is 3.62. The van der Waals surface area contributed by atoms with Gasteiger partial charge in [-0.25, -0.2) is 0 Å². The van der Waals surface area contributed by atoms with E-state index in [2.05, 4.69) is 10.6 Å². The lowest BCUT2D eigenvalue weighted by atomic mass is 9.95. The molecule has 1 aromatic rings. The van der Waals surface area contributed by atoms with Crippen LogP contribution in [0.4, 0.5) is 0 Å². The number of hydrogen-bond donors (Lipinski definition) is 2. The Labute approximate surface area is 109 Å². The first kappa shape index (κ1) is 11.6. The highest BCUT2D eigenvalue weighted by Gasteiger charge is 2.39. The first-order valence-corrected chi connectivity index (χ1v) is 8.01. The van der Waals surface area contributed by atoms with Crippen LogP contribution in [-0.4, -0.2) is 30.3 Å². The lowest BCUT2D eigenvalue weighted by Gasteiger charge is -2.20. The summed E-state index contributed by atoms with van der Waals surface area (Å²) in [6, 6.07) is 5.41. The van der Waals surface area contributed by atoms with Crippen LogP contribution in [0.3, 0.4) is 0 Å². The van der Waals surface area contributed by atoms with Gasteiger partial charge < -0.3 is 10.6 Å². The maximum Gasteiger partial charge on any atom is 0.261 e. The van der Waals surface area contributed by atoms with E-state index in [4.69, 9.17) is 0 Å². The SMILES string of the molecule is CSc1ccc(C(=O)NC2CC3CCC2N3)s1. The van der Waals surface area contributed by atoms with Gasteiger partial charge in [-0.15, -0.1) is 23.1 Å². The number of thiophene rings is 1. The normalized spacial score (nSPS) is 30.8. The van der Waals surface area contributed by atoms with Crippen molar-refractivity contribution in [3.8, 4) is 0 Å². The van der Waals surface area contributed by atoms with Crippen molar-refractivity contribution in [3.63, 3.8) is 0 Å². The van der Waals surface area contributed by atoms with E-state index < -0.39 is 0 Å². The highest BCUT2D eigenvalue weighted by molar-refractivity contribution is 8.00. The molecule has 92 valence electrons. The van der Waals surface area contributed by atoms with Crippen LogP contribution in [0.2, 0.25) is 0 Å². The average molecular weight is 268 g/mol. The zero-order chi connectivity index (χ0) is 11.8. The van der Waals surface area contributed by atoms with E-state index in [0.29, 0.717) is 18.1 Å². The van der Waals surface area contributed by atoms with Gasteiger partial charge in [0.05, 0.1) is 9.09 Å². The van der Waals surface area contributed by atoms with Crippen molar-refractivity contribution < 1.29 is 4.79 Å². The van der Waals surface area contributed by atoms with Crippen molar-refractivity contribution in [2.24, 2.45) is 0 Å². The zero-order valence-corrected chi connectivity index (χ0v) is 11.4. The van der Waals surface area contributed by atoms with Gasteiger partial charge in [-0.1, -0.05) is 0 Å². The Balaban J connectivity index is 1.63. The number of amides is 1. The highest BCUT2D eigenvalue weighted by atomic mass is 32.2. The number of thioether (sulfide) groups is 1. The second-order valence-electron chi connectivity index (χ2n) is 4.69. The molecule has 3 heterocycles. The third kappa shape index (κ3) is 2.23. The molecule has 3 unspecified atom stereocenters. The monoisotopic (exact) mass is 268 g/mol. The fraction of sp³-hybridized carbons (Fsp3) is 0.583. The summed E-state index contributed by atoms with van der Waals surface area (Å²) in [6.07, 6.45) is 5.60. The summed E-state index contributed by atoms with van der Waals surface area (Å²) in [5.41, 5.74) is 0. The molecular weight excluding hydrogens is 252 g/mol. The maximum atomic E-state index is 12.1. The van der Waals surface area contributed by atoms with Crippen LogP contribution in [0, 0.1) is 0 Å². The van der Waals surface area contributed by atoms with E-state index in [-0.39, 0.29) is 5.91 Å². The standard InChI is InChI=1S/C12H16N2OS2/c1-16-11-5-4-10(17-11)12(15)14-9-6-7-2-3-8(9)13-7/h4-5,7-9,13H,2-3,6H2,1H3,(H,14,15). The molecule has 0 spiro atoms. The van der Waals surface area contributed by atoms with Gasteiger partial charge in [0.25, 0.3) is 5.91 Å². The van der Waals surface area contributed by atoms with Crippen LogP contribution in [0.15, 0.2) is 16.3 Å². The summed E-state index contributed by atoms with van der Waals surface area (Å²) in [6.45, 7) is 0. The molecule has 3 nitrogen and oxygen atoms in total. The minimum Gasteiger partial charge on any atom is -0.347 e. The molecule has 2 aliphatic rings. The summed E-state index contributed by atoms with van der Waals surface area (Å²) in [7, 11) is 0. The molecule has 5 heteroatoms. The smallest absolute Gasteiger partial charge is 0.261 e. The van der Waals surface area contributed by atoms with Crippen LogP contribution in [0.5, 0.6) is 0 Å². The molecule has 0 radical (unpaired) electrons. The van der Waals surface area contributed by atoms with Crippen molar-refractivity contribution in [2.75, 3.05) is 6.26 Å². The second kappa shape index (κ2) is 4.63. The van der Waals surface area contributed by atoms with E-state index in [1.165, 1.54) is 17.1 Å². The molecule has 3 atom stereocenters. The van der Waals surface area contributed by atoms with Gasteiger partial charge in [0, 0.05) is 18.1 Å². The summed E-state index contributed by atoms with van der Waals surface area (Å²) in [5, 5.41) is 6.70. The fourth-order valence-electron chi connectivity index (χ4n) is 2.78.